The minimum Gasteiger partial charge on any atom is -0.273 e. The van der Waals surface area contributed by atoms with Gasteiger partial charge in [0, 0.05) is 31.3 Å². The number of aromatic nitrogens is 2. The van der Waals surface area contributed by atoms with Gasteiger partial charge in [-0.3, -0.25) is 9.48 Å². The SMILES string of the molecule is C=C(CCC(=O)N1N=CCC1c1cc(F)cc(F)c1)Cn1cc(C(F)(F)F)cn1. The van der Waals surface area contributed by atoms with Crippen LogP contribution in [0.25, 0.3) is 0 Å². The third kappa shape index (κ3) is 5.07. The van der Waals surface area contributed by atoms with Crippen LogP contribution in [0, 0.1) is 11.6 Å². The first-order valence-corrected chi connectivity index (χ1v) is 8.70. The molecule has 0 N–H and O–H groups in total. The Morgan fingerprint density at radius 1 is 1.17 bits per heavy atom. The molecule has 29 heavy (non-hydrogen) atoms. The fraction of sp³-hybridized carbons (Fsp3) is 0.316. The molecule has 2 aromatic rings. The third-order valence-electron chi connectivity index (χ3n) is 4.39. The molecule has 0 aliphatic carbocycles. The summed E-state index contributed by atoms with van der Waals surface area (Å²) < 4.78 is 65.9. The van der Waals surface area contributed by atoms with E-state index in [1.807, 2.05) is 0 Å². The summed E-state index contributed by atoms with van der Waals surface area (Å²) in [6.45, 7) is 3.80. The number of halogens is 5. The van der Waals surface area contributed by atoms with E-state index < -0.39 is 29.4 Å². The van der Waals surface area contributed by atoms with Gasteiger partial charge < -0.3 is 0 Å². The van der Waals surface area contributed by atoms with Crippen LogP contribution in [0.2, 0.25) is 0 Å². The fourth-order valence-electron chi connectivity index (χ4n) is 3.00. The quantitative estimate of drug-likeness (QED) is 0.519. The molecule has 0 radical (unpaired) electrons. The van der Waals surface area contributed by atoms with E-state index in [9.17, 15) is 26.7 Å². The van der Waals surface area contributed by atoms with Crippen LogP contribution in [-0.4, -0.2) is 26.9 Å². The maximum absolute atomic E-state index is 13.5. The lowest BCUT2D eigenvalue weighted by Crippen LogP contribution is -2.27. The standard InChI is InChI=1S/C19H17F5N4O/c1-12(10-27-11-14(9-26-27)19(22,23)24)2-3-18(29)28-17(4-5-25-28)13-6-15(20)8-16(21)7-13/h5-9,11,17H,1-4,10H2. The molecule has 154 valence electrons. The normalized spacial score (nSPS) is 16.4. The van der Waals surface area contributed by atoms with Crippen LogP contribution in [0.4, 0.5) is 22.0 Å². The number of carbonyl (C=O) groups excluding carboxylic acids is 1. The highest BCUT2D eigenvalue weighted by molar-refractivity contribution is 5.80. The minimum atomic E-state index is -4.48. The number of nitrogens with zero attached hydrogens (tertiary/aromatic N) is 4. The van der Waals surface area contributed by atoms with E-state index in [0.29, 0.717) is 17.6 Å². The van der Waals surface area contributed by atoms with Crippen molar-refractivity contribution < 1.29 is 26.7 Å². The van der Waals surface area contributed by atoms with Crippen molar-refractivity contribution in [3.63, 3.8) is 0 Å². The van der Waals surface area contributed by atoms with Crippen molar-refractivity contribution in [2.24, 2.45) is 5.10 Å². The van der Waals surface area contributed by atoms with E-state index in [-0.39, 0.29) is 25.3 Å². The minimum absolute atomic E-state index is 0.00212. The molecule has 1 aromatic heterocycles. The first-order valence-electron chi connectivity index (χ1n) is 8.70. The highest BCUT2D eigenvalue weighted by Crippen LogP contribution is 2.31. The fourth-order valence-corrected chi connectivity index (χ4v) is 3.00. The number of hydrogen-bond acceptors (Lipinski definition) is 3. The second-order valence-electron chi connectivity index (χ2n) is 6.66. The molecule has 1 aromatic carbocycles. The lowest BCUT2D eigenvalue weighted by Gasteiger charge is -2.22. The van der Waals surface area contributed by atoms with Gasteiger partial charge in [-0.25, -0.2) is 13.8 Å². The average Bonchev–Trinajstić information content (AvgIpc) is 3.27. The Morgan fingerprint density at radius 3 is 2.48 bits per heavy atom. The molecule has 1 unspecified atom stereocenters. The van der Waals surface area contributed by atoms with Crippen molar-refractivity contribution in [3.8, 4) is 0 Å². The molecule has 1 atom stereocenters. The number of alkyl halides is 3. The molecular formula is C19H17F5N4O. The van der Waals surface area contributed by atoms with Crippen molar-refractivity contribution in [2.75, 3.05) is 0 Å². The molecule has 0 fully saturated rings. The molecule has 0 bridgehead atoms. The molecular weight excluding hydrogens is 395 g/mol. The Hall–Kier alpha value is -3.04. The Morgan fingerprint density at radius 2 is 1.86 bits per heavy atom. The summed E-state index contributed by atoms with van der Waals surface area (Å²) in [7, 11) is 0. The van der Waals surface area contributed by atoms with E-state index in [0.717, 1.165) is 40.3 Å². The van der Waals surface area contributed by atoms with Crippen LogP contribution in [-0.2, 0) is 17.5 Å². The lowest BCUT2D eigenvalue weighted by molar-refractivity contribution is -0.137. The summed E-state index contributed by atoms with van der Waals surface area (Å²) >= 11 is 0. The molecule has 0 saturated heterocycles. The Labute approximate surface area is 163 Å². The molecule has 0 spiro atoms. The van der Waals surface area contributed by atoms with Crippen molar-refractivity contribution in [1.29, 1.82) is 0 Å². The monoisotopic (exact) mass is 412 g/mol. The van der Waals surface area contributed by atoms with Crippen molar-refractivity contribution >= 4 is 12.1 Å². The Kier molecular flexibility index (Phi) is 5.81. The lowest BCUT2D eigenvalue weighted by atomic mass is 10.0. The number of hydrogen-bond donors (Lipinski definition) is 0. The van der Waals surface area contributed by atoms with Gasteiger partial charge in [0.05, 0.1) is 24.3 Å². The zero-order valence-corrected chi connectivity index (χ0v) is 15.2. The number of rotatable bonds is 6. The van der Waals surface area contributed by atoms with Gasteiger partial charge >= 0.3 is 6.18 Å². The highest BCUT2D eigenvalue weighted by atomic mass is 19.4. The number of allylic oxidation sites excluding steroid dienone is 1. The zero-order valence-electron chi connectivity index (χ0n) is 15.2. The number of hydrazone groups is 1. The predicted octanol–water partition coefficient (Wildman–Crippen LogP) is 4.48. The van der Waals surface area contributed by atoms with Gasteiger partial charge in [-0.2, -0.15) is 23.4 Å². The second-order valence-corrected chi connectivity index (χ2v) is 6.66. The van der Waals surface area contributed by atoms with Crippen LogP contribution < -0.4 is 0 Å². The van der Waals surface area contributed by atoms with Crippen molar-refractivity contribution in [1.82, 2.24) is 14.8 Å². The van der Waals surface area contributed by atoms with E-state index in [1.165, 1.54) is 6.21 Å². The van der Waals surface area contributed by atoms with E-state index in [4.69, 9.17) is 0 Å². The molecule has 1 aliphatic rings. The maximum atomic E-state index is 13.5. The topological polar surface area (TPSA) is 50.5 Å². The van der Waals surface area contributed by atoms with Gasteiger partial charge in [-0.05, 0) is 24.1 Å². The predicted molar refractivity (Wildman–Crippen MR) is 94.7 cm³/mol. The summed E-state index contributed by atoms with van der Waals surface area (Å²) in [4.78, 5) is 12.5. The maximum Gasteiger partial charge on any atom is 0.419 e. The first kappa shape index (κ1) is 20.7. The second kappa shape index (κ2) is 8.14. The first-order chi connectivity index (χ1) is 13.6. The van der Waals surface area contributed by atoms with Gasteiger partial charge in [-0.15, -0.1) is 0 Å². The Balaban J connectivity index is 1.57. The summed E-state index contributed by atoms with van der Waals surface area (Å²) in [5.74, 6) is -1.87. The van der Waals surface area contributed by atoms with Crippen LogP contribution in [0.1, 0.15) is 36.4 Å². The number of amides is 1. The van der Waals surface area contributed by atoms with E-state index in [2.05, 4.69) is 16.8 Å². The summed E-state index contributed by atoms with van der Waals surface area (Å²) in [6.07, 6.45) is -0.874. The van der Waals surface area contributed by atoms with Crippen LogP contribution in [0.15, 0.2) is 47.8 Å². The van der Waals surface area contributed by atoms with Gasteiger partial charge in [-0.1, -0.05) is 12.2 Å². The Bertz CT molecular complexity index is 930. The third-order valence-corrected chi connectivity index (χ3v) is 4.39. The molecule has 5 nitrogen and oxygen atoms in total. The summed E-state index contributed by atoms with van der Waals surface area (Å²) in [5.41, 5.74) is -0.0620. The van der Waals surface area contributed by atoms with Crippen molar-refractivity contribution in [3.05, 3.63) is 65.5 Å². The van der Waals surface area contributed by atoms with Gasteiger partial charge in [0.2, 0.25) is 5.91 Å². The molecule has 2 heterocycles. The smallest absolute Gasteiger partial charge is 0.273 e. The highest BCUT2D eigenvalue weighted by Gasteiger charge is 2.32. The largest absolute Gasteiger partial charge is 0.419 e. The van der Waals surface area contributed by atoms with Crippen molar-refractivity contribution in [2.45, 2.75) is 38.0 Å². The molecule has 1 amide bonds. The number of benzene rings is 1. The van der Waals surface area contributed by atoms with Gasteiger partial charge in [0.1, 0.15) is 11.6 Å². The summed E-state index contributed by atoms with van der Waals surface area (Å²) in [6, 6.07) is 2.44. The van der Waals surface area contributed by atoms with E-state index >= 15 is 0 Å². The molecule has 0 saturated carbocycles. The number of carbonyl (C=O) groups is 1. The van der Waals surface area contributed by atoms with Crippen LogP contribution in [0.3, 0.4) is 0 Å². The average molecular weight is 412 g/mol. The van der Waals surface area contributed by atoms with Crippen LogP contribution in [0.5, 0.6) is 0 Å². The molecule has 1 aliphatic heterocycles. The van der Waals surface area contributed by atoms with Crippen LogP contribution >= 0.6 is 0 Å². The molecule has 10 heteroatoms. The van der Waals surface area contributed by atoms with E-state index in [1.54, 1.807) is 0 Å². The van der Waals surface area contributed by atoms with Gasteiger partial charge in [0.25, 0.3) is 0 Å². The summed E-state index contributed by atoms with van der Waals surface area (Å²) in [5, 5.41) is 8.79. The van der Waals surface area contributed by atoms with Gasteiger partial charge in [0.15, 0.2) is 0 Å². The molecule has 3 rings (SSSR count). The zero-order chi connectivity index (χ0) is 21.2.